The lowest BCUT2D eigenvalue weighted by atomic mass is 9.99. The molecule has 0 aliphatic carbocycles. The molecule has 7 unspecified atom stereocenters. The minimum absolute atomic E-state index is 0.224. The van der Waals surface area contributed by atoms with Gasteiger partial charge in [0.25, 0.3) is 0 Å². The first kappa shape index (κ1) is 78.6. The highest BCUT2D eigenvalue weighted by atomic mass is 32.3. The Morgan fingerprint density at radius 3 is 1.16 bits per heavy atom. The molecule has 7 atom stereocenters. The van der Waals surface area contributed by atoms with Crippen LogP contribution in [0.4, 0.5) is 0 Å². The molecule has 1 saturated heterocycles. The molecule has 1 heterocycles. The summed E-state index contributed by atoms with van der Waals surface area (Å²) in [5, 5.41) is 45.2. The first-order chi connectivity index (χ1) is 40.0. The Morgan fingerprint density at radius 1 is 0.488 bits per heavy atom. The molecule has 12 nitrogen and oxygen atoms in total. The minimum Gasteiger partial charge on any atom is -0.394 e. The van der Waals surface area contributed by atoms with Crippen molar-refractivity contribution >= 4 is 16.3 Å². The van der Waals surface area contributed by atoms with E-state index in [1.54, 1.807) is 0 Å². The lowest BCUT2D eigenvalue weighted by Gasteiger charge is -2.41. The number of amides is 1. The smallest absolute Gasteiger partial charge is 0.394 e. The fourth-order valence-electron chi connectivity index (χ4n) is 11.6. The molecular formula is C69H133NO11S. The molecule has 1 amide bonds. The molecule has 0 spiro atoms. The first-order valence-corrected chi connectivity index (χ1v) is 36.6. The highest BCUT2D eigenvalue weighted by Gasteiger charge is 2.48. The second-order valence-corrected chi connectivity index (χ2v) is 25.9. The third kappa shape index (κ3) is 49.7. The van der Waals surface area contributed by atoms with Crippen molar-refractivity contribution in [1.82, 2.24) is 5.32 Å². The Hall–Kier alpha value is -1.42. The van der Waals surface area contributed by atoms with Gasteiger partial charge in [-0.1, -0.05) is 327 Å². The van der Waals surface area contributed by atoms with Crippen LogP contribution < -0.4 is 5.32 Å². The summed E-state index contributed by atoms with van der Waals surface area (Å²) in [4.78, 5) is 13.2. The van der Waals surface area contributed by atoms with Crippen LogP contribution in [0.1, 0.15) is 354 Å². The lowest BCUT2D eigenvalue weighted by molar-refractivity contribution is -0.298. The summed E-state index contributed by atoms with van der Waals surface area (Å²) in [6.45, 7) is 3.51. The van der Waals surface area contributed by atoms with Gasteiger partial charge in [0.1, 0.15) is 24.4 Å². The summed E-state index contributed by atoms with van der Waals surface area (Å²) in [6, 6.07) is -0.857. The van der Waals surface area contributed by atoms with Crippen molar-refractivity contribution in [3.05, 3.63) is 24.3 Å². The van der Waals surface area contributed by atoms with E-state index >= 15 is 0 Å². The Labute approximate surface area is 505 Å². The normalized spacial score (nSPS) is 18.5. The lowest BCUT2D eigenvalue weighted by Crippen LogP contribution is -2.61. The summed E-state index contributed by atoms with van der Waals surface area (Å²) in [5.41, 5.74) is 0. The zero-order valence-corrected chi connectivity index (χ0v) is 54.2. The van der Waals surface area contributed by atoms with Gasteiger partial charge in [-0.3, -0.25) is 9.35 Å². The Balaban J connectivity index is 2.14. The van der Waals surface area contributed by atoms with Gasteiger partial charge in [-0.15, -0.1) is 0 Å². The van der Waals surface area contributed by atoms with Gasteiger partial charge in [0.05, 0.1) is 25.4 Å². The fraction of sp³-hybridized carbons (Fsp3) is 0.928. The maximum atomic E-state index is 13.2. The van der Waals surface area contributed by atoms with Gasteiger partial charge in [-0.05, 0) is 44.9 Å². The van der Waals surface area contributed by atoms with Crippen molar-refractivity contribution in [2.45, 2.75) is 397 Å². The van der Waals surface area contributed by atoms with E-state index in [1.165, 1.54) is 270 Å². The highest BCUT2D eigenvalue weighted by molar-refractivity contribution is 7.80. The van der Waals surface area contributed by atoms with Crippen LogP contribution in [-0.4, -0.2) is 95.4 Å². The van der Waals surface area contributed by atoms with Crippen LogP contribution in [0.3, 0.4) is 0 Å². The van der Waals surface area contributed by atoms with Crippen molar-refractivity contribution in [3.8, 4) is 0 Å². The Morgan fingerprint density at radius 2 is 0.817 bits per heavy atom. The zero-order valence-electron chi connectivity index (χ0n) is 53.3. The number of carbonyl (C=O) groups excluding carboxylic acids is 1. The Bertz CT molecular complexity index is 1530. The molecule has 1 rings (SSSR count). The highest BCUT2D eigenvalue weighted by Crippen LogP contribution is 2.27. The van der Waals surface area contributed by atoms with Crippen molar-refractivity contribution in [2.75, 3.05) is 13.2 Å². The van der Waals surface area contributed by atoms with E-state index in [1.807, 2.05) is 0 Å². The predicted octanol–water partition coefficient (Wildman–Crippen LogP) is 18.3. The predicted molar refractivity (Wildman–Crippen MR) is 342 cm³/mol. The summed E-state index contributed by atoms with van der Waals surface area (Å²) in [5.74, 6) is -0.224. The number of nitrogens with one attached hydrogen (secondary N) is 1. The van der Waals surface area contributed by atoms with E-state index in [0.29, 0.717) is 12.8 Å². The van der Waals surface area contributed by atoms with Gasteiger partial charge in [0.15, 0.2) is 6.29 Å². The van der Waals surface area contributed by atoms with Crippen molar-refractivity contribution in [1.29, 1.82) is 0 Å². The van der Waals surface area contributed by atoms with E-state index in [9.17, 15) is 38.2 Å². The standard InChI is InChI=1S/C69H133NO11S/c1-3-5-7-9-11-13-15-17-19-21-22-23-24-25-26-27-28-29-30-31-32-33-34-35-36-37-38-39-40-41-42-43-45-47-49-51-53-55-57-59-65(73)70-62(61-79-69-67(75)68(81-82(76,77)78)66(74)64(60-71)80-69)63(72)58-56-54-52-50-48-46-44-20-18-16-14-12-10-8-6-4-2/h28-29,31-32,62-64,66-69,71-72,74-75H,3-27,30,33-61H2,1-2H3,(H,70,73)(H,76,77,78)/b29-28-,32-31-. The number of ether oxygens (including phenoxy) is 2. The summed E-state index contributed by atoms with van der Waals surface area (Å²) < 4.78 is 48.0. The number of rotatable bonds is 63. The van der Waals surface area contributed by atoms with Crippen molar-refractivity contribution in [3.63, 3.8) is 0 Å². The Kier molecular flexibility index (Phi) is 56.2. The minimum atomic E-state index is -5.08. The molecule has 0 aromatic heterocycles. The van der Waals surface area contributed by atoms with Gasteiger partial charge >= 0.3 is 10.4 Å². The fourth-order valence-corrected chi connectivity index (χ4v) is 12.1. The van der Waals surface area contributed by atoms with E-state index in [4.69, 9.17) is 9.47 Å². The number of allylic oxidation sites excluding steroid dienone is 4. The van der Waals surface area contributed by atoms with E-state index in [2.05, 4.69) is 47.7 Å². The second-order valence-electron chi connectivity index (χ2n) is 24.8. The molecule has 0 bridgehead atoms. The molecule has 0 saturated carbocycles. The molecule has 1 aliphatic rings. The van der Waals surface area contributed by atoms with Gasteiger partial charge in [-0.2, -0.15) is 8.42 Å². The van der Waals surface area contributed by atoms with Crippen LogP contribution in [0.15, 0.2) is 24.3 Å². The average molecular weight is 1180 g/mol. The molecule has 13 heteroatoms. The number of carbonyl (C=O) groups is 1. The number of aliphatic hydroxyl groups excluding tert-OH is 4. The number of aliphatic hydroxyl groups is 4. The SMILES string of the molecule is CCCCCCCCCCCCCCCCC/C=C\C/C=C\CCCCCCCCCCCCCCCCCCCC(=O)NC(COC1OC(CO)C(O)C(OS(=O)(=O)O)C1O)C(O)CCCCCCCCCCCCCCCCCC. The third-order valence-corrected chi connectivity index (χ3v) is 17.5. The molecule has 6 N–H and O–H groups in total. The second kappa shape index (κ2) is 58.6. The maximum Gasteiger partial charge on any atom is 0.397 e. The van der Waals surface area contributed by atoms with Crippen LogP contribution in [0, 0.1) is 0 Å². The number of hydrogen-bond acceptors (Lipinski definition) is 10. The van der Waals surface area contributed by atoms with E-state index in [0.717, 1.165) is 57.8 Å². The molecule has 486 valence electrons. The first-order valence-electron chi connectivity index (χ1n) is 35.2. The van der Waals surface area contributed by atoms with Gasteiger partial charge in [-0.25, -0.2) is 4.18 Å². The van der Waals surface area contributed by atoms with Crippen LogP contribution in [-0.2, 0) is 28.9 Å². The van der Waals surface area contributed by atoms with Crippen LogP contribution in [0.2, 0.25) is 0 Å². The quantitative estimate of drug-likeness (QED) is 0.0193. The van der Waals surface area contributed by atoms with E-state index < -0.39 is 59.9 Å². The zero-order chi connectivity index (χ0) is 59.7. The third-order valence-electron chi connectivity index (χ3n) is 17.0. The van der Waals surface area contributed by atoms with Gasteiger partial charge in [0.2, 0.25) is 5.91 Å². The van der Waals surface area contributed by atoms with Crippen LogP contribution in [0.5, 0.6) is 0 Å². The molecule has 0 aromatic rings. The molecule has 1 aliphatic heterocycles. The average Bonchev–Trinajstić information content (AvgIpc) is 3.62. The van der Waals surface area contributed by atoms with Gasteiger partial charge in [0, 0.05) is 6.42 Å². The summed E-state index contributed by atoms with van der Waals surface area (Å²) in [6.07, 6.45) is 66.6. The maximum absolute atomic E-state index is 13.2. The number of hydrogen-bond donors (Lipinski definition) is 6. The molecular weight excluding hydrogens is 1050 g/mol. The van der Waals surface area contributed by atoms with Crippen LogP contribution >= 0.6 is 0 Å². The summed E-state index contributed by atoms with van der Waals surface area (Å²) in [7, 11) is -5.08. The molecule has 0 radical (unpaired) electrons. The van der Waals surface area contributed by atoms with E-state index in [-0.39, 0.29) is 12.5 Å². The number of unbranched alkanes of at least 4 members (excludes halogenated alkanes) is 47. The topological polar surface area (TPSA) is 192 Å². The molecule has 0 aromatic carbocycles. The molecule has 82 heavy (non-hydrogen) atoms. The van der Waals surface area contributed by atoms with Crippen molar-refractivity contribution < 1.29 is 51.8 Å². The van der Waals surface area contributed by atoms with Crippen LogP contribution in [0.25, 0.3) is 0 Å². The van der Waals surface area contributed by atoms with Crippen molar-refractivity contribution in [2.24, 2.45) is 0 Å². The van der Waals surface area contributed by atoms with Gasteiger partial charge < -0.3 is 35.2 Å². The largest absolute Gasteiger partial charge is 0.397 e. The molecule has 1 fully saturated rings. The monoisotopic (exact) mass is 1180 g/mol. The summed E-state index contributed by atoms with van der Waals surface area (Å²) >= 11 is 0.